The number of nitro benzene ring substituents is 1. The first kappa shape index (κ1) is 24.6. The van der Waals surface area contributed by atoms with Crippen molar-refractivity contribution in [1.29, 1.82) is 0 Å². The molecule has 0 aliphatic rings. The summed E-state index contributed by atoms with van der Waals surface area (Å²) in [5.41, 5.74) is 0.904. The Balaban J connectivity index is 1.60. The van der Waals surface area contributed by atoms with E-state index in [1.165, 1.54) is 48.5 Å². The van der Waals surface area contributed by atoms with E-state index in [0.29, 0.717) is 16.9 Å². The highest BCUT2D eigenvalue weighted by atomic mass is 32.2. The average molecular weight is 488 g/mol. The maximum atomic E-state index is 12.9. The van der Waals surface area contributed by atoms with Crippen LogP contribution in [-0.4, -0.2) is 38.7 Å². The molecule has 1 amide bonds. The molecule has 0 saturated carbocycles. The molecule has 0 aliphatic heterocycles. The lowest BCUT2D eigenvalue weighted by molar-refractivity contribution is -0.384. The second kappa shape index (κ2) is 10.8. The van der Waals surface area contributed by atoms with Gasteiger partial charge in [-0.15, -0.1) is 0 Å². The Morgan fingerprint density at radius 1 is 1.09 bits per heavy atom. The predicted octanol–water partition coefficient (Wildman–Crippen LogP) is 3.51. The van der Waals surface area contributed by atoms with Gasteiger partial charge in [0.15, 0.2) is 0 Å². The third-order valence-corrected chi connectivity index (χ3v) is 5.88. The van der Waals surface area contributed by atoms with E-state index in [2.05, 4.69) is 5.32 Å². The minimum atomic E-state index is -3.73. The summed E-state index contributed by atoms with van der Waals surface area (Å²) in [6.45, 7) is 0.363. The van der Waals surface area contributed by atoms with Gasteiger partial charge in [0.2, 0.25) is 10.0 Å². The van der Waals surface area contributed by atoms with Crippen LogP contribution >= 0.6 is 0 Å². The maximum absolute atomic E-state index is 12.9. The average Bonchev–Trinajstić information content (AvgIpc) is 2.81. The number of hydrogen-bond donors (Lipinski definition) is 1. The summed E-state index contributed by atoms with van der Waals surface area (Å²) >= 11 is 0. The topological polar surface area (TPSA) is 119 Å². The number of carbonyl (C=O) groups excluding carboxylic acids is 1. The largest absolute Gasteiger partial charge is 0.492 e. The second-order valence-electron chi connectivity index (χ2n) is 7.30. The highest BCUT2D eigenvalue weighted by Crippen LogP contribution is 2.25. The number of halogens is 1. The molecule has 11 heteroatoms. The van der Waals surface area contributed by atoms with Crippen LogP contribution in [0.1, 0.15) is 15.9 Å². The van der Waals surface area contributed by atoms with Gasteiger partial charge in [-0.3, -0.25) is 19.2 Å². The molecule has 1 N–H and O–H groups in total. The molecule has 0 saturated heterocycles. The van der Waals surface area contributed by atoms with Crippen molar-refractivity contribution in [2.45, 2.75) is 6.54 Å². The van der Waals surface area contributed by atoms with Crippen molar-refractivity contribution in [3.8, 4) is 5.75 Å². The van der Waals surface area contributed by atoms with Crippen LogP contribution in [-0.2, 0) is 16.6 Å². The number of nitrogens with zero attached hydrogens (tertiary/aromatic N) is 2. The lowest BCUT2D eigenvalue weighted by Crippen LogP contribution is -2.29. The minimum absolute atomic E-state index is 0.0621. The SMILES string of the molecule is CS(=O)(=O)N(Cc1ccc(C(=O)NCCOc2ccc(F)cc2)cc1)c1cccc([N+](=O)[O-])c1. The van der Waals surface area contributed by atoms with E-state index in [1.807, 2.05) is 0 Å². The van der Waals surface area contributed by atoms with Gasteiger partial charge in [0.1, 0.15) is 18.2 Å². The number of nitrogens with one attached hydrogen (secondary N) is 1. The van der Waals surface area contributed by atoms with Crippen molar-refractivity contribution in [3.63, 3.8) is 0 Å². The number of sulfonamides is 1. The fourth-order valence-corrected chi connectivity index (χ4v) is 3.94. The van der Waals surface area contributed by atoms with Crippen molar-refractivity contribution in [2.75, 3.05) is 23.7 Å². The molecule has 9 nitrogen and oxygen atoms in total. The van der Waals surface area contributed by atoms with Crippen molar-refractivity contribution in [3.05, 3.63) is 99.9 Å². The molecular weight excluding hydrogens is 465 g/mol. The van der Waals surface area contributed by atoms with Crippen LogP contribution in [0, 0.1) is 15.9 Å². The van der Waals surface area contributed by atoms with Gasteiger partial charge in [0.25, 0.3) is 11.6 Å². The Labute approximate surface area is 196 Å². The Morgan fingerprint density at radius 3 is 2.38 bits per heavy atom. The fourth-order valence-electron chi connectivity index (χ4n) is 3.06. The normalized spacial score (nSPS) is 11.0. The molecular formula is C23H22FN3O6S. The number of benzene rings is 3. The molecule has 178 valence electrons. The zero-order valence-corrected chi connectivity index (χ0v) is 19.0. The van der Waals surface area contributed by atoms with E-state index < -0.39 is 14.9 Å². The van der Waals surface area contributed by atoms with Crippen molar-refractivity contribution in [1.82, 2.24) is 5.32 Å². The monoisotopic (exact) mass is 487 g/mol. The summed E-state index contributed by atoms with van der Waals surface area (Å²) in [5, 5.41) is 13.7. The third kappa shape index (κ3) is 6.75. The number of amides is 1. The molecule has 34 heavy (non-hydrogen) atoms. The summed E-state index contributed by atoms with van der Waals surface area (Å²) in [7, 11) is -3.73. The Hall–Kier alpha value is -3.99. The first-order valence-electron chi connectivity index (χ1n) is 10.1. The lowest BCUT2D eigenvalue weighted by atomic mass is 10.1. The summed E-state index contributed by atoms with van der Waals surface area (Å²) in [6.07, 6.45) is 1.02. The first-order valence-corrected chi connectivity index (χ1v) is 12.0. The highest BCUT2D eigenvalue weighted by Gasteiger charge is 2.20. The van der Waals surface area contributed by atoms with Crippen molar-refractivity contribution in [2.24, 2.45) is 0 Å². The van der Waals surface area contributed by atoms with Gasteiger partial charge in [-0.05, 0) is 48.0 Å². The second-order valence-corrected chi connectivity index (χ2v) is 9.21. The third-order valence-electron chi connectivity index (χ3n) is 4.74. The fraction of sp³-hybridized carbons (Fsp3) is 0.174. The Bertz CT molecular complexity index is 1260. The van der Waals surface area contributed by atoms with Crippen LogP contribution in [0.3, 0.4) is 0 Å². The quantitative estimate of drug-likeness (QED) is 0.266. The van der Waals surface area contributed by atoms with Gasteiger partial charge in [0, 0.05) is 17.7 Å². The summed E-state index contributed by atoms with van der Waals surface area (Å²) < 4.78 is 44.0. The Kier molecular flexibility index (Phi) is 7.79. The number of anilines is 1. The molecule has 0 radical (unpaired) electrons. The van der Waals surface area contributed by atoms with Crippen molar-refractivity contribution < 1.29 is 27.3 Å². The van der Waals surface area contributed by atoms with Gasteiger partial charge >= 0.3 is 0 Å². The van der Waals surface area contributed by atoms with E-state index in [0.717, 1.165) is 10.6 Å². The van der Waals surface area contributed by atoms with E-state index in [-0.39, 0.29) is 42.8 Å². The highest BCUT2D eigenvalue weighted by molar-refractivity contribution is 7.92. The molecule has 0 atom stereocenters. The van der Waals surface area contributed by atoms with Crippen molar-refractivity contribution >= 4 is 27.3 Å². The van der Waals surface area contributed by atoms with Gasteiger partial charge in [-0.2, -0.15) is 0 Å². The molecule has 3 aromatic carbocycles. The summed E-state index contributed by atoms with van der Waals surface area (Å²) in [6, 6.07) is 17.2. The van der Waals surface area contributed by atoms with E-state index in [4.69, 9.17) is 4.74 Å². The predicted molar refractivity (Wildman–Crippen MR) is 125 cm³/mol. The molecule has 0 bridgehead atoms. The van der Waals surface area contributed by atoms with Crippen LogP contribution in [0.2, 0.25) is 0 Å². The summed E-state index contributed by atoms with van der Waals surface area (Å²) in [4.78, 5) is 22.8. The number of hydrogen-bond acceptors (Lipinski definition) is 6. The number of nitro groups is 1. The molecule has 0 unspecified atom stereocenters. The van der Waals surface area contributed by atoms with Gasteiger partial charge in [0.05, 0.1) is 30.0 Å². The van der Waals surface area contributed by atoms with Crippen LogP contribution < -0.4 is 14.4 Å². The lowest BCUT2D eigenvalue weighted by Gasteiger charge is -2.22. The number of carbonyl (C=O) groups is 1. The smallest absolute Gasteiger partial charge is 0.271 e. The van der Waals surface area contributed by atoms with Gasteiger partial charge in [-0.1, -0.05) is 18.2 Å². The van der Waals surface area contributed by atoms with E-state index in [1.54, 1.807) is 24.3 Å². The standard InChI is InChI=1S/C23H22FN3O6S/c1-34(31,32)26(20-3-2-4-21(15-20)27(29)30)16-17-5-7-18(8-6-17)23(28)25-13-14-33-22-11-9-19(24)10-12-22/h2-12,15H,13-14,16H2,1H3,(H,25,28). The first-order chi connectivity index (χ1) is 16.1. The number of non-ortho nitro benzene ring substituents is 1. The van der Waals surface area contributed by atoms with Crippen LogP contribution in [0.15, 0.2) is 72.8 Å². The Morgan fingerprint density at radius 2 is 1.76 bits per heavy atom. The molecule has 0 heterocycles. The summed E-state index contributed by atoms with van der Waals surface area (Å²) in [5.74, 6) is -0.221. The van der Waals surface area contributed by atoms with E-state index >= 15 is 0 Å². The van der Waals surface area contributed by atoms with Gasteiger partial charge < -0.3 is 10.1 Å². The van der Waals surface area contributed by atoms with Crippen LogP contribution in [0.5, 0.6) is 5.75 Å². The maximum Gasteiger partial charge on any atom is 0.271 e. The molecule has 0 aliphatic carbocycles. The number of ether oxygens (including phenoxy) is 1. The minimum Gasteiger partial charge on any atom is -0.492 e. The molecule has 0 spiro atoms. The van der Waals surface area contributed by atoms with Crippen LogP contribution in [0.25, 0.3) is 0 Å². The van der Waals surface area contributed by atoms with Gasteiger partial charge in [-0.25, -0.2) is 12.8 Å². The molecule has 3 aromatic rings. The van der Waals surface area contributed by atoms with E-state index in [9.17, 15) is 27.7 Å². The molecule has 3 rings (SSSR count). The molecule has 0 aromatic heterocycles. The zero-order chi connectivity index (χ0) is 24.7. The zero-order valence-electron chi connectivity index (χ0n) is 18.2. The number of rotatable bonds is 10. The molecule has 0 fully saturated rings. The van der Waals surface area contributed by atoms with Crippen LogP contribution in [0.4, 0.5) is 15.8 Å².